The van der Waals surface area contributed by atoms with Gasteiger partial charge < -0.3 is 20.3 Å². The first-order valence-corrected chi connectivity index (χ1v) is 29.4. The summed E-state index contributed by atoms with van der Waals surface area (Å²) in [5, 5.41) is 23.3. The molecule has 386 valence electrons. The first-order valence-electron chi connectivity index (χ1n) is 29.4. The van der Waals surface area contributed by atoms with Crippen molar-refractivity contribution in [2.45, 2.75) is 341 Å². The van der Waals surface area contributed by atoms with Crippen molar-refractivity contribution < 1.29 is 24.5 Å². The molecule has 6 heteroatoms. The highest BCUT2D eigenvalue weighted by molar-refractivity contribution is 5.76. The normalized spacial score (nSPS) is 12.6. The molecule has 0 saturated heterocycles. The second-order valence-electron chi connectivity index (χ2n) is 20.3. The third-order valence-electron chi connectivity index (χ3n) is 13.8. The molecule has 0 saturated carbocycles. The molecule has 0 aliphatic heterocycles. The van der Waals surface area contributed by atoms with Crippen molar-refractivity contribution in [3.8, 4) is 0 Å². The zero-order valence-electron chi connectivity index (χ0n) is 44.0. The number of ether oxygens (including phenoxy) is 1. The van der Waals surface area contributed by atoms with Crippen LogP contribution in [0.5, 0.6) is 0 Å². The van der Waals surface area contributed by atoms with Gasteiger partial charge in [-0.25, -0.2) is 0 Å². The third kappa shape index (κ3) is 51.8. The van der Waals surface area contributed by atoms with E-state index in [1.807, 2.05) is 0 Å². The summed E-state index contributed by atoms with van der Waals surface area (Å²) >= 11 is 0. The molecule has 65 heavy (non-hydrogen) atoms. The average molecular weight is 919 g/mol. The van der Waals surface area contributed by atoms with Gasteiger partial charge in [-0.1, -0.05) is 276 Å². The van der Waals surface area contributed by atoms with E-state index in [1.165, 1.54) is 238 Å². The summed E-state index contributed by atoms with van der Waals surface area (Å²) < 4.78 is 5.47. The molecule has 0 fully saturated rings. The Bertz CT molecular complexity index is 970. The van der Waals surface area contributed by atoms with Crippen LogP contribution in [0, 0.1) is 0 Å². The Labute approximate surface area is 406 Å². The van der Waals surface area contributed by atoms with Gasteiger partial charge in [-0.05, 0) is 51.4 Å². The highest BCUT2D eigenvalue weighted by Gasteiger charge is 2.20. The third-order valence-corrected chi connectivity index (χ3v) is 13.8. The van der Waals surface area contributed by atoms with Gasteiger partial charge in [0.05, 0.1) is 25.4 Å². The van der Waals surface area contributed by atoms with Crippen molar-refractivity contribution in [3.63, 3.8) is 0 Å². The summed E-state index contributed by atoms with van der Waals surface area (Å²) in [6.07, 6.45) is 64.9. The standard InChI is InChI=1S/C59H115NO5/c1-3-5-7-9-11-13-15-17-18-21-24-28-31-35-39-43-47-51-57(62)56(55-61)60-58(63)52-48-44-40-36-32-29-25-22-19-20-23-26-30-34-38-42-46-50-54-65-59(64)53-49-45-41-37-33-27-16-14-12-10-8-6-4-2/h22,25,56-57,61-62H,3-21,23-24,26-55H2,1-2H3,(H,60,63)/b25-22-. The molecule has 0 aromatic rings. The minimum Gasteiger partial charge on any atom is -0.466 e. The number of nitrogens with one attached hydrogen (secondary N) is 1. The molecule has 0 aromatic carbocycles. The van der Waals surface area contributed by atoms with Crippen LogP contribution in [-0.4, -0.2) is 47.4 Å². The van der Waals surface area contributed by atoms with Gasteiger partial charge in [0.1, 0.15) is 0 Å². The minimum absolute atomic E-state index is 0.00514. The summed E-state index contributed by atoms with van der Waals surface area (Å²) in [5.41, 5.74) is 0. The SMILES string of the molecule is CCCCCCCCCCCCCCCCCCCC(O)C(CO)NC(=O)CCCCCCC/C=C\CCCCCCCCCCCOC(=O)CCCCCCCCCCCCCCC. The lowest BCUT2D eigenvalue weighted by Crippen LogP contribution is -2.45. The molecule has 0 radical (unpaired) electrons. The first kappa shape index (κ1) is 63.6. The number of hydrogen-bond donors (Lipinski definition) is 3. The molecule has 6 nitrogen and oxygen atoms in total. The fraction of sp³-hybridized carbons (Fsp3) is 0.932. The summed E-state index contributed by atoms with van der Waals surface area (Å²) in [7, 11) is 0. The molecule has 0 heterocycles. The van der Waals surface area contributed by atoms with E-state index in [2.05, 4.69) is 31.3 Å². The molecular formula is C59H115NO5. The van der Waals surface area contributed by atoms with Crippen LogP contribution in [0.4, 0.5) is 0 Å². The molecule has 0 bridgehead atoms. The molecular weight excluding hydrogens is 803 g/mol. The van der Waals surface area contributed by atoms with E-state index in [0.29, 0.717) is 25.9 Å². The molecule has 0 spiro atoms. The Hall–Kier alpha value is -1.40. The number of amides is 1. The van der Waals surface area contributed by atoms with E-state index < -0.39 is 12.1 Å². The number of allylic oxidation sites excluding steroid dienone is 2. The van der Waals surface area contributed by atoms with E-state index in [1.54, 1.807) is 0 Å². The maximum absolute atomic E-state index is 12.5. The van der Waals surface area contributed by atoms with Gasteiger partial charge >= 0.3 is 5.97 Å². The van der Waals surface area contributed by atoms with Gasteiger partial charge in [0.2, 0.25) is 5.91 Å². The number of carbonyl (C=O) groups is 2. The van der Waals surface area contributed by atoms with Gasteiger partial charge in [0.25, 0.3) is 0 Å². The molecule has 0 aliphatic carbocycles. The van der Waals surface area contributed by atoms with E-state index in [4.69, 9.17) is 4.74 Å². The Morgan fingerprint density at radius 3 is 1.09 bits per heavy atom. The number of carbonyl (C=O) groups excluding carboxylic acids is 2. The van der Waals surface area contributed by atoms with Crippen LogP contribution in [-0.2, 0) is 14.3 Å². The summed E-state index contributed by atoms with van der Waals surface area (Å²) in [6, 6.07) is -0.551. The topological polar surface area (TPSA) is 95.9 Å². The number of hydrogen-bond acceptors (Lipinski definition) is 5. The number of rotatable bonds is 55. The monoisotopic (exact) mass is 918 g/mol. The van der Waals surface area contributed by atoms with Crippen molar-refractivity contribution in [2.24, 2.45) is 0 Å². The van der Waals surface area contributed by atoms with Crippen LogP contribution in [0.1, 0.15) is 328 Å². The van der Waals surface area contributed by atoms with Gasteiger partial charge in [-0.15, -0.1) is 0 Å². The smallest absolute Gasteiger partial charge is 0.305 e. The lowest BCUT2D eigenvalue weighted by Gasteiger charge is -2.22. The fourth-order valence-electron chi connectivity index (χ4n) is 9.28. The number of esters is 1. The lowest BCUT2D eigenvalue weighted by molar-refractivity contribution is -0.143. The van der Waals surface area contributed by atoms with Gasteiger partial charge in [-0.3, -0.25) is 9.59 Å². The molecule has 2 atom stereocenters. The van der Waals surface area contributed by atoms with Gasteiger partial charge in [0.15, 0.2) is 0 Å². The first-order chi connectivity index (χ1) is 32.0. The maximum Gasteiger partial charge on any atom is 0.305 e. The quantitative estimate of drug-likeness (QED) is 0.0321. The minimum atomic E-state index is -0.672. The van der Waals surface area contributed by atoms with E-state index >= 15 is 0 Å². The maximum atomic E-state index is 12.5. The van der Waals surface area contributed by atoms with Gasteiger partial charge in [-0.2, -0.15) is 0 Å². The molecule has 0 aromatic heterocycles. The van der Waals surface area contributed by atoms with Crippen LogP contribution in [0.3, 0.4) is 0 Å². The van der Waals surface area contributed by atoms with E-state index in [-0.39, 0.29) is 18.5 Å². The summed E-state index contributed by atoms with van der Waals surface area (Å²) in [6.45, 7) is 4.96. The van der Waals surface area contributed by atoms with Crippen molar-refractivity contribution in [1.82, 2.24) is 5.32 Å². The van der Waals surface area contributed by atoms with Crippen LogP contribution >= 0.6 is 0 Å². The number of aliphatic hydroxyl groups excluding tert-OH is 2. The van der Waals surface area contributed by atoms with Crippen molar-refractivity contribution in [2.75, 3.05) is 13.2 Å². The predicted molar refractivity (Wildman–Crippen MR) is 283 cm³/mol. The van der Waals surface area contributed by atoms with Crippen LogP contribution in [0.2, 0.25) is 0 Å². The lowest BCUT2D eigenvalue weighted by atomic mass is 10.0. The van der Waals surface area contributed by atoms with Crippen LogP contribution < -0.4 is 5.32 Å². The van der Waals surface area contributed by atoms with Gasteiger partial charge in [0, 0.05) is 12.8 Å². The Morgan fingerprint density at radius 1 is 0.415 bits per heavy atom. The summed E-state index contributed by atoms with van der Waals surface area (Å²) in [4.78, 5) is 24.5. The van der Waals surface area contributed by atoms with Crippen molar-refractivity contribution in [1.29, 1.82) is 0 Å². The van der Waals surface area contributed by atoms with Crippen LogP contribution in [0.25, 0.3) is 0 Å². The predicted octanol–water partition coefficient (Wildman–Crippen LogP) is 18.1. The van der Waals surface area contributed by atoms with E-state index in [0.717, 1.165) is 57.8 Å². The molecule has 0 aliphatic rings. The fourth-order valence-corrected chi connectivity index (χ4v) is 9.28. The second-order valence-corrected chi connectivity index (χ2v) is 20.3. The number of aliphatic hydroxyl groups is 2. The van der Waals surface area contributed by atoms with Crippen molar-refractivity contribution >= 4 is 11.9 Å². The summed E-state index contributed by atoms with van der Waals surface area (Å²) in [5.74, 6) is -0.0415. The molecule has 2 unspecified atom stereocenters. The number of unbranched alkanes of at least 4 members (excludes halogenated alkanes) is 42. The largest absolute Gasteiger partial charge is 0.466 e. The highest BCUT2D eigenvalue weighted by atomic mass is 16.5. The zero-order valence-corrected chi connectivity index (χ0v) is 44.0. The Morgan fingerprint density at radius 2 is 0.723 bits per heavy atom. The Kier molecular flexibility index (Phi) is 54.0. The molecule has 3 N–H and O–H groups in total. The van der Waals surface area contributed by atoms with Crippen molar-refractivity contribution in [3.05, 3.63) is 12.2 Å². The zero-order chi connectivity index (χ0) is 47.2. The molecule has 1 amide bonds. The average Bonchev–Trinajstić information content (AvgIpc) is 3.31. The molecule has 0 rings (SSSR count). The van der Waals surface area contributed by atoms with E-state index in [9.17, 15) is 19.8 Å². The van der Waals surface area contributed by atoms with Crippen LogP contribution in [0.15, 0.2) is 12.2 Å². The Balaban J connectivity index is 3.44. The second kappa shape index (κ2) is 55.2. The highest BCUT2D eigenvalue weighted by Crippen LogP contribution is 2.17.